The van der Waals surface area contributed by atoms with E-state index in [4.69, 9.17) is 4.74 Å². The van der Waals surface area contributed by atoms with Crippen molar-refractivity contribution in [2.75, 3.05) is 25.2 Å². The normalized spacial score (nSPS) is 12.4. The summed E-state index contributed by atoms with van der Waals surface area (Å²) in [7, 11) is 2.01. The van der Waals surface area contributed by atoms with Gasteiger partial charge in [-0.05, 0) is 62.4 Å². The second-order valence-electron chi connectivity index (χ2n) is 4.77. The van der Waals surface area contributed by atoms with Gasteiger partial charge in [-0.25, -0.2) is 0 Å². The van der Waals surface area contributed by atoms with Crippen LogP contribution in [0.4, 0.5) is 0 Å². The molecule has 0 saturated carbocycles. The van der Waals surface area contributed by atoms with E-state index in [9.17, 15) is 0 Å². The molecule has 0 amide bonds. The van der Waals surface area contributed by atoms with Gasteiger partial charge < -0.3 is 10.1 Å². The highest BCUT2D eigenvalue weighted by atomic mass is 32.2. The van der Waals surface area contributed by atoms with E-state index in [2.05, 4.69) is 43.4 Å². The van der Waals surface area contributed by atoms with Crippen molar-refractivity contribution in [1.29, 1.82) is 0 Å². The number of aryl methyl sites for hydroxylation is 1. The monoisotopic (exact) mass is 281 g/mol. The Bertz CT molecular complexity index is 326. The van der Waals surface area contributed by atoms with Gasteiger partial charge >= 0.3 is 0 Å². The number of benzene rings is 1. The van der Waals surface area contributed by atoms with E-state index >= 15 is 0 Å². The highest BCUT2D eigenvalue weighted by Gasteiger charge is 2.00. The molecule has 1 N–H and O–H groups in total. The molecule has 0 bridgehead atoms. The van der Waals surface area contributed by atoms with E-state index in [0.717, 1.165) is 25.2 Å². The van der Waals surface area contributed by atoms with E-state index in [1.54, 1.807) is 0 Å². The van der Waals surface area contributed by atoms with Gasteiger partial charge in [-0.2, -0.15) is 11.8 Å². The minimum absolute atomic E-state index is 0.576. The van der Waals surface area contributed by atoms with E-state index in [1.165, 1.54) is 23.5 Å². The van der Waals surface area contributed by atoms with Crippen LogP contribution in [0.15, 0.2) is 24.3 Å². The molecular weight excluding hydrogens is 254 g/mol. The van der Waals surface area contributed by atoms with E-state index in [0.29, 0.717) is 6.04 Å². The van der Waals surface area contributed by atoms with Gasteiger partial charge in [-0.1, -0.05) is 19.1 Å². The lowest BCUT2D eigenvalue weighted by Crippen LogP contribution is -2.21. The Morgan fingerprint density at radius 2 is 2.00 bits per heavy atom. The van der Waals surface area contributed by atoms with Crippen molar-refractivity contribution in [2.24, 2.45) is 0 Å². The molecular formula is C16H27NOS. The molecule has 1 aromatic carbocycles. The molecule has 19 heavy (non-hydrogen) atoms. The predicted molar refractivity (Wildman–Crippen MR) is 86.4 cm³/mol. The van der Waals surface area contributed by atoms with Crippen LogP contribution >= 0.6 is 11.8 Å². The van der Waals surface area contributed by atoms with Gasteiger partial charge in [0, 0.05) is 6.04 Å². The topological polar surface area (TPSA) is 21.3 Å². The fourth-order valence-electron chi connectivity index (χ4n) is 1.78. The zero-order valence-electron chi connectivity index (χ0n) is 12.4. The Kier molecular flexibility index (Phi) is 8.76. The standard InChI is InChI=1S/C16H27NOS/c1-4-19-13-5-12-18-16-10-8-15(9-11-16)7-6-14(2)17-3/h8-11,14,17H,4-7,12-13H2,1-3H3. The summed E-state index contributed by atoms with van der Waals surface area (Å²) in [6, 6.07) is 9.11. The highest BCUT2D eigenvalue weighted by Crippen LogP contribution is 2.14. The van der Waals surface area contributed by atoms with Crippen molar-refractivity contribution in [3.05, 3.63) is 29.8 Å². The molecule has 1 aromatic rings. The summed E-state index contributed by atoms with van der Waals surface area (Å²) < 4.78 is 5.73. The van der Waals surface area contributed by atoms with Crippen molar-refractivity contribution < 1.29 is 4.74 Å². The Hall–Kier alpha value is -0.670. The van der Waals surface area contributed by atoms with Crippen LogP contribution < -0.4 is 10.1 Å². The Morgan fingerprint density at radius 3 is 2.63 bits per heavy atom. The van der Waals surface area contributed by atoms with Gasteiger partial charge in [0.15, 0.2) is 0 Å². The minimum atomic E-state index is 0.576. The average Bonchev–Trinajstić information content (AvgIpc) is 2.45. The fraction of sp³-hybridized carbons (Fsp3) is 0.625. The molecule has 2 nitrogen and oxygen atoms in total. The van der Waals surface area contributed by atoms with E-state index < -0.39 is 0 Å². The Morgan fingerprint density at radius 1 is 1.26 bits per heavy atom. The maximum Gasteiger partial charge on any atom is 0.119 e. The zero-order chi connectivity index (χ0) is 13.9. The number of rotatable bonds is 10. The SMILES string of the molecule is CCSCCCOc1ccc(CCC(C)NC)cc1. The third-order valence-electron chi connectivity index (χ3n) is 3.19. The lowest BCUT2D eigenvalue weighted by Gasteiger charge is -2.10. The number of ether oxygens (including phenoxy) is 1. The number of hydrogen-bond acceptors (Lipinski definition) is 3. The number of nitrogens with one attached hydrogen (secondary N) is 1. The molecule has 1 atom stereocenters. The second-order valence-corrected chi connectivity index (χ2v) is 6.17. The highest BCUT2D eigenvalue weighted by molar-refractivity contribution is 7.99. The first-order valence-corrected chi connectivity index (χ1v) is 8.38. The van der Waals surface area contributed by atoms with Crippen LogP contribution in [-0.4, -0.2) is 31.2 Å². The molecule has 0 aliphatic rings. The van der Waals surface area contributed by atoms with Crippen LogP contribution in [-0.2, 0) is 6.42 Å². The van der Waals surface area contributed by atoms with Crippen molar-refractivity contribution in [1.82, 2.24) is 5.32 Å². The maximum absolute atomic E-state index is 5.73. The molecule has 108 valence electrons. The fourth-order valence-corrected chi connectivity index (χ4v) is 2.39. The van der Waals surface area contributed by atoms with Crippen LogP contribution in [0, 0.1) is 0 Å². The molecule has 0 radical (unpaired) electrons. The second kappa shape index (κ2) is 10.2. The van der Waals surface area contributed by atoms with Crippen LogP contribution in [0.2, 0.25) is 0 Å². The molecule has 0 aromatic heterocycles. The smallest absolute Gasteiger partial charge is 0.119 e. The first-order valence-electron chi connectivity index (χ1n) is 7.23. The summed E-state index contributed by atoms with van der Waals surface area (Å²) in [5.74, 6) is 3.38. The average molecular weight is 281 g/mol. The van der Waals surface area contributed by atoms with Gasteiger partial charge in [-0.3, -0.25) is 0 Å². The van der Waals surface area contributed by atoms with Crippen LogP contribution in [0.1, 0.15) is 32.3 Å². The first kappa shape index (κ1) is 16.4. The van der Waals surface area contributed by atoms with Gasteiger partial charge in [0.25, 0.3) is 0 Å². The molecule has 3 heteroatoms. The molecule has 0 fully saturated rings. The Balaban J connectivity index is 2.23. The third kappa shape index (κ3) is 7.48. The van der Waals surface area contributed by atoms with Gasteiger partial charge in [0.2, 0.25) is 0 Å². The van der Waals surface area contributed by atoms with Crippen LogP contribution in [0.25, 0.3) is 0 Å². The van der Waals surface area contributed by atoms with Gasteiger partial charge in [0.05, 0.1) is 6.61 Å². The lowest BCUT2D eigenvalue weighted by molar-refractivity contribution is 0.318. The molecule has 0 saturated heterocycles. The largest absolute Gasteiger partial charge is 0.494 e. The zero-order valence-corrected chi connectivity index (χ0v) is 13.3. The minimum Gasteiger partial charge on any atom is -0.494 e. The van der Waals surface area contributed by atoms with Gasteiger partial charge in [-0.15, -0.1) is 0 Å². The summed E-state index contributed by atoms with van der Waals surface area (Å²) in [6.07, 6.45) is 3.42. The van der Waals surface area contributed by atoms with Gasteiger partial charge in [0.1, 0.15) is 5.75 Å². The van der Waals surface area contributed by atoms with Crippen LogP contribution in [0.3, 0.4) is 0 Å². The van der Waals surface area contributed by atoms with E-state index in [1.807, 2.05) is 18.8 Å². The molecule has 0 aliphatic heterocycles. The van der Waals surface area contributed by atoms with E-state index in [-0.39, 0.29) is 0 Å². The number of hydrogen-bond donors (Lipinski definition) is 1. The molecule has 1 rings (SSSR count). The summed E-state index contributed by atoms with van der Waals surface area (Å²) in [5.41, 5.74) is 1.39. The molecule has 1 unspecified atom stereocenters. The summed E-state index contributed by atoms with van der Waals surface area (Å²) in [6.45, 7) is 5.23. The van der Waals surface area contributed by atoms with Crippen LogP contribution in [0.5, 0.6) is 5.75 Å². The lowest BCUT2D eigenvalue weighted by atomic mass is 10.1. The van der Waals surface area contributed by atoms with Crippen molar-refractivity contribution in [2.45, 2.75) is 39.2 Å². The first-order chi connectivity index (χ1) is 9.26. The summed E-state index contributed by atoms with van der Waals surface area (Å²) >= 11 is 1.97. The van der Waals surface area contributed by atoms with Crippen molar-refractivity contribution >= 4 is 11.8 Å². The summed E-state index contributed by atoms with van der Waals surface area (Å²) in [5, 5.41) is 3.26. The van der Waals surface area contributed by atoms with Crippen molar-refractivity contribution in [3.63, 3.8) is 0 Å². The maximum atomic E-state index is 5.73. The Labute approximate surface area is 122 Å². The quantitative estimate of drug-likeness (QED) is 0.660. The molecule has 0 heterocycles. The summed E-state index contributed by atoms with van der Waals surface area (Å²) in [4.78, 5) is 0. The predicted octanol–water partition coefficient (Wildman–Crippen LogP) is 3.75. The van der Waals surface area contributed by atoms with Crippen molar-refractivity contribution in [3.8, 4) is 5.75 Å². The molecule has 0 aliphatic carbocycles. The third-order valence-corrected chi connectivity index (χ3v) is 4.17. The molecule has 0 spiro atoms. The number of thioether (sulfide) groups is 1.